The number of hydrogen-bond acceptors (Lipinski definition) is 4. The van der Waals surface area contributed by atoms with Crippen LogP contribution in [-0.2, 0) is 16.0 Å². The van der Waals surface area contributed by atoms with Crippen LogP contribution in [0.15, 0.2) is 42.6 Å². The molecule has 0 atom stereocenters. The number of aromatic nitrogens is 1. The van der Waals surface area contributed by atoms with E-state index in [0.717, 1.165) is 28.1 Å². The first kappa shape index (κ1) is 18.7. The van der Waals surface area contributed by atoms with Crippen molar-refractivity contribution < 1.29 is 27.8 Å². The average molecular weight is 401 g/mol. The summed E-state index contributed by atoms with van der Waals surface area (Å²) in [7, 11) is 0. The fraction of sp³-hybridized carbons (Fsp3) is 0.200. The summed E-state index contributed by atoms with van der Waals surface area (Å²) in [5.74, 6) is -2.11. The third kappa shape index (κ3) is 3.84. The highest BCUT2D eigenvalue weighted by Gasteiger charge is 2.43. The number of alkyl halides is 2. The standard InChI is InChI=1S/C20H17F2N3O4/c1-11-3-2-4-14-17(11)12(10-24-14)7-8-23-18(26)19(27)25-13-5-6-15-16(9-13)29-20(21,22)28-15/h2-6,9-10,24H,7-8H2,1H3,(H,23,26)(H,25,27). The van der Waals surface area contributed by atoms with Gasteiger partial charge in [0.25, 0.3) is 0 Å². The van der Waals surface area contributed by atoms with Gasteiger partial charge in [-0.15, -0.1) is 8.78 Å². The molecule has 9 heteroatoms. The molecule has 1 aromatic heterocycles. The minimum Gasteiger partial charge on any atom is -0.395 e. The number of benzene rings is 2. The van der Waals surface area contributed by atoms with Crippen LogP contribution < -0.4 is 20.1 Å². The van der Waals surface area contributed by atoms with E-state index in [4.69, 9.17) is 0 Å². The molecule has 3 N–H and O–H groups in total. The van der Waals surface area contributed by atoms with Gasteiger partial charge < -0.3 is 25.1 Å². The summed E-state index contributed by atoms with van der Waals surface area (Å²) in [6, 6.07) is 9.66. The fourth-order valence-electron chi connectivity index (χ4n) is 3.25. The maximum Gasteiger partial charge on any atom is 0.586 e. The SMILES string of the molecule is Cc1cccc2[nH]cc(CCNC(=O)C(=O)Nc3ccc4c(c3)OC(F)(F)O4)c12. The van der Waals surface area contributed by atoms with Gasteiger partial charge in [0, 0.05) is 35.4 Å². The Morgan fingerprint density at radius 1 is 1.10 bits per heavy atom. The second-order valence-electron chi connectivity index (χ2n) is 6.60. The third-order valence-electron chi connectivity index (χ3n) is 4.54. The lowest BCUT2D eigenvalue weighted by molar-refractivity contribution is -0.286. The zero-order valence-electron chi connectivity index (χ0n) is 15.3. The first-order chi connectivity index (χ1) is 13.8. The molecule has 0 bridgehead atoms. The van der Waals surface area contributed by atoms with Gasteiger partial charge in [-0.25, -0.2) is 0 Å². The fourth-order valence-corrected chi connectivity index (χ4v) is 3.25. The van der Waals surface area contributed by atoms with Crippen LogP contribution in [-0.4, -0.2) is 29.6 Å². The third-order valence-corrected chi connectivity index (χ3v) is 4.54. The molecule has 29 heavy (non-hydrogen) atoms. The van der Waals surface area contributed by atoms with Crippen molar-refractivity contribution in [3.8, 4) is 11.5 Å². The maximum absolute atomic E-state index is 13.0. The Bertz CT molecular complexity index is 1110. The van der Waals surface area contributed by atoms with Crippen molar-refractivity contribution in [1.29, 1.82) is 0 Å². The molecule has 0 radical (unpaired) electrons. The van der Waals surface area contributed by atoms with Crippen molar-refractivity contribution in [1.82, 2.24) is 10.3 Å². The van der Waals surface area contributed by atoms with E-state index in [9.17, 15) is 18.4 Å². The van der Waals surface area contributed by atoms with E-state index < -0.39 is 18.1 Å². The van der Waals surface area contributed by atoms with Gasteiger partial charge >= 0.3 is 18.1 Å². The van der Waals surface area contributed by atoms with Gasteiger partial charge in [0.2, 0.25) is 0 Å². The highest BCUT2D eigenvalue weighted by atomic mass is 19.3. The van der Waals surface area contributed by atoms with Crippen LogP contribution in [0, 0.1) is 6.92 Å². The van der Waals surface area contributed by atoms with E-state index in [2.05, 4.69) is 25.1 Å². The molecule has 1 aliphatic heterocycles. The lowest BCUT2D eigenvalue weighted by atomic mass is 10.1. The van der Waals surface area contributed by atoms with Gasteiger partial charge in [0.15, 0.2) is 11.5 Å². The van der Waals surface area contributed by atoms with E-state index >= 15 is 0 Å². The van der Waals surface area contributed by atoms with Gasteiger partial charge in [-0.2, -0.15) is 0 Å². The molecule has 0 fully saturated rings. The van der Waals surface area contributed by atoms with Gasteiger partial charge in [-0.1, -0.05) is 12.1 Å². The van der Waals surface area contributed by atoms with Crippen LogP contribution in [0.25, 0.3) is 10.9 Å². The minimum atomic E-state index is -3.75. The first-order valence-corrected chi connectivity index (χ1v) is 8.87. The van der Waals surface area contributed by atoms with E-state index in [1.54, 1.807) is 0 Å². The highest BCUT2D eigenvalue weighted by Crippen LogP contribution is 2.42. The van der Waals surface area contributed by atoms with Crippen molar-refractivity contribution >= 4 is 28.4 Å². The molecular formula is C20H17F2N3O4. The second kappa shape index (κ2) is 7.08. The van der Waals surface area contributed by atoms with Crippen LogP contribution in [0.3, 0.4) is 0 Å². The molecule has 4 rings (SSSR count). The molecular weight excluding hydrogens is 384 g/mol. The van der Waals surface area contributed by atoms with Crippen LogP contribution in [0.1, 0.15) is 11.1 Å². The van der Waals surface area contributed by atoms with Gasteiger partial charge in [-0.05, 0) is 42.7 Å². The summed E-state index contributed by atoms with van der Waals surface area (Å²) in [6.07, 6.45) is -1.32. The number of amides is 2. The van der Waals surface area contributed by atoms with Gasteiger partial charge in [-0.3, -0.25) is 9.59 Å². The molecule has 0 aliphatic carbocycles. The molecule has 3 aromatic rings. The molecule has 2 amide bonds. The summed E-state index contributed by atoms with van der Waals surface area (Å²) >= 11 is 0. The number of nitrogens with one attached hydrogen (secondary N) is 3. The Hall–Kier alpha value is -3.62. The lowest BCUT2D eigenvalue weighted by Crippen LogP contribution is -2.36. The number of hydrogen-bond donors (Lipinski definition) is 3. The predicted octanol–water partition coefficient (Wildman–Crippen LogP) is 3.10. The minimum absolute atomic E-state index is 0.137. The molecule has 2 aromatic carbocycles. The predicted molar refractivity (Wildman–Crippen MR) is 101 cm³/mol. The summed E-state index contributed by atoms with van der Waals surface area (Å²) in [5.41, 5.74) is 3.31. The number of H-pyrrole nitrogens is 1. The van der Waals surface area contributed by atoms with E-state index in [1.165, 1.54) is 12.1 Å². The quantitative estimate of drug-likeness (QED) is 0.586. The largest absolute Gasteiger partial charge is 0.586 e. The van der Waals surface area contributed by atoms with Crippen LogP contribution in [0.5, 0.6) is 11.5 Å². The van der Waals surface area contributed by atoms with Crippen molar-refractivity contribution in [3.05, 3.63) is 53.7 Å². The summed E-state index contributed by atoms with van der Waals surface area (Å²) in [6.45, 7) is 2.27. The summed E-state index contributed by atoms with van der Waals surface area (Å²) in [5, 5.41) is 5.99. The van der Waals surface area contributed by atoms with Gasteiger partial charge in [0.05, 0.1) is 0 Å². The first-order valence-electron chi connectivity index (χ1n) is 8.87. The van der Waals surface area contributed by atoms with E-state index in [-0.39, 0.29) is 23.7 Å². The monoisotopic (exact) mass is 401 g/mol. The molecule has 2 heterocycles. The number of carbonyl (C=O) groups is 2. The van der Waals surface area contributed by atoms with Crippen molar-refractivity contribution in [2.45, 2.75) is 19.6 Å². The number of fused-ring (bicyclic) bond motifs is 2. The van der Waals surface area contributed by atoms with E-state index in [0.29, 0.717) is 6.42 Å². The lowest BCUT2D eigenvalue weighted by Gasteiger charge is -2.07. The van der Waals surface area contributed by atoms with Crippen molar-refractivity contribution in [2.24, 2.45) is 0 Å². The zero-order valence-corrected chi connectivity index (χ0v) is 15.3. The van der Waals surface area contributed by atoms with E-state index in [1.807, 2.05) is 31.3 Å². The molecule has 0 unspecified atom stereocenters. The Morgan fingerprint density at radius 3 is 2.72 bits per heavy atom. The Labute approximate surface area is 164 Å². The zero-order chi connectivity index (χ0) is 20.6. The Balaban J connectivity index is 1.33. The number of rotatable bonds is 4. The Morgan fingerprint density at radius 2 is 1.90 bits per heavy atom. The topological polar surface area (TPSA) is 92.5 Å². The van der Waals surface area contributed by atoms with Crippen LogP contribution in [0.4, 0.5) is 14.5 Å². The number of anilines is 1. The number of ether oxygens (including phenoxy) is 2. The molecule has 0 saturated carbocycles. The Kier molecular flexibility index (Phi) is 4.57. The summed E-state index contributed by atoms with van der Waals surface area (Å²) in [4.78, 5) is 27.3. The normalized spacial score (nSPS) is 14.0. The smallest absolute Gasteiger partial charge is 0.395 e. The molecule has 7 nitrogen and oxygen atoms in total. The number of carbonyl (C=O) groups excluding carboxylic acids is 2. The van der Waals surface area contributed by atoms with Gasteiger partial charge in [0.1, 0.15) is 0 Å². The number of aryl methyl sites for hydroxylation is 1. The maximum atomic E-state index is 13.0. The number of halogens is 2. The summed E-state index contributed by atoms with van der Waals surface area (Å²) < 4.78 is 34.7. The number of aromatic amines is 1. The molecule has 150 valence electrons. The van der Waals surface area contributed by atoms with Crippen LogP contribution in [0.2, 0.25) is 0 Å². The highest BCUT2D eigenvalue weighted by molar-refractivity contribution is 6.39. The average Bonchev–Trinajstić information content (AvgIpc) is 3.21. The molecule has 1 aliphatic rings. The second-order valence-corrected chi connectivity index (χ2v) is 6.60. The molecule has 0 saturated heterocycles. The van der Waals surface area contributed by atoms with Crippen molar-refractivity contribution in [2.75, 3.05) is 11.9 Å². The van der Waals surface area contributed by atoms with Crippen LogP contribution >= 0.6 is 0 Å². The van der Waals surface area contributed by atoms with Crippen molar-refractivity contribution in [3.63, 3.8) is 0 Å². The molecule has 0 spiro atoms.